The molecule has 0 fully saturated rings. The Balaban J connectivity index is 0.00000280. The van der Waals surface area contributed by atoms with Crippen molar-refractivity contribution in [2.45, 2.75) is 38.5 Å². The molecule has 0 atom stereocenters. The van der Waals surface area contributed by atoms with E-state index in [1.807, 2.05) is 27.7 Å². The molecule has 0 radical (unpaired) electrons. The minimum absolute atomic E-state index is 0. The first-order chi connectivity index (χ1) is 12.5. The minimum atomic E-state index is -1.17. The third-order valence-electron chi connectivity index (χ3n) is 5.28. The van der Waals surface area contributed by atoms with Crippen LogP contribution in [-0.2, 0) is 31.9 Å². The zero-order valence-corrected chi connectivity index (χ0v) is 18.0. The van der Waals surface area contributed by atoms with Crippen molar-refractivity contribution in [3.05, 3.63) is 65.7 Å². The third-order valence-corrected chi connectivity index (χ3v) is 5.28. The van der Waals surface area contributed by atoms with Gasteiger partial charge in [-0.25, -0.2) is 4.79 Å². The van der Waals surface area contributed by atoms with Crippen LogP contribution in [-0.4, -0.2) is 30.8 Å². The van der Waals surface area contributed by atoms with E-state index in [9.17, 15) is 13.6 Å². The van der Waals surface area contributed by atoms with Gasteiger partial charge in [-0.1, -0.05) is 27.7 Å². The van der Waals surface area contributed by atoms with Gasteiger partial charge < -0.3 is 5.11 Å². The Morgan fingerprint density at radius 2 is 1.64 bits per heavy atom. The summed E-state index contributed by atoms with van der Waals surface area (Å²) in [6.45, 7) is 7.77. The van der Waals surface area contributed by atoms with Crippen LogP contribution in [0.3, 0.4) is 0 Å². The van der Waals surface area contributed by atoms with Crippen molar-refractivity contribution in [2.24, 2.45) is 0 Å². The number of nitrogens with zero attached hydrogens (tertiary/aromatic N) is 4. The fourth-order valence-electron chi connectivity index (χ4n) is 2.80. The van der Waals surface area contributed by atoms with Gasteiger partial charge in [0.15, 0.2) is 0 Å². The zero-order valence-electron chi connectivity index (χ0n) is 15.7. The van der Waals surface area contributed by atoms with E-state index >= 15 is 0 Å². The number of carbonyl (C=O) groups is 1. The van der Waals surface area contributed by atoms with Crippen LogP contribution in [0, 0.1) is 17.7 Å². The summed E-state index contributed by atoms with van der Waals surface area (Å²) in [4.78, 5) is 11.1. The second-order valence-corrected chi connectivity index (χ2v) is 7.34. The molecule has 6 nitrogen and oxygen atoms in total. The predicted octanol–water partition coefficient (Wildman–Crippen LogP) is 3.93. The normalized spacial score (nSPS) is 11.9. The smallest absolute Gasteiger partial charge is 0.432 e. The van der Waals surface area contributed by atoms with Crippen LogP contribution in [0.2, 0.25) is 0 Å². The quantitative estimate of drug-likeness (QED) is 0.485. The van der Waals surface area contributed by atoms with Gasteiger partial charge in [0.25, 0.3) is 0 Å². The average Bonchev–Trinajstić information content (AvgIpc) is 3.25. The van der Waals surface area contributed by atoms with E-state index in [1.54, 1.807) is 18.3 Å². The maximum absolute atomic E-state index is 14.0. The molecule has 0 saturated heterocycles. The Labute approximate surface area is 175 Å². The summed E-state index contributed by atoms with van der Waals surface area (Å²) < 4.78 is 29.3. The van der Waals surface area contributed by atoms with Crippen molar-refractivity contribution in [2.75, 3.05) is 0 Å². The summed E-state index contributed by atoms with van der Waals surface area (Å²) in [7, 11) is 0. The van der Waals surface area contributed by atoms with Gasteiger partial charge in [0, 0.05) is 55.9 Å². The Bertz CT molecular complexity index is 1010. The van der Waals surface area contributed by atoms with Gasteiger partial charge in [-0.2, -0.15) is 20.9 Å². The van der Waals surface area contributed by atoms with E-state index in [0.29, 0.717) is 11.4 Å². The third kappa shape index (κ3) is 3.65. The van der Waals surface area contributed by atoms with Crippen molar-refractivity contribution < 1.29 is 39.7 Å². The molecule has 9 heteroatoms. The van der Waals surface area contributed by atoms with Gasteiger partial charge in [-0.15, -0.1) is 12.1 Å². The average molecular weight is 568 g/mol. The van der Waals surface area contributed by atoms with Gasteiger partial charge in [0.05, 0.1) is 11.4 Å². The molecule has 0 bridgehead atoms. The molecule has 1 aromatic carbocycles. The van der Waals surface area contributed by atoms with Crippen LogP contribution in [0.25, 0.3) is 5.69 Å². The second kappa shape index (κ2) is 7.58. The van der Waals surface area contributed by atoms with Crippen LogP contribution >= 0.6 is 0 Å². The van der Waals surface area contributed by atoms with E-state index < -0.39 is 28.6 Å². The molecule has 28 heavy (non-hydrogen) atoms. The molecule has 0 unspecified atom stereocenters. The number of rotatable bonds is 4. The van der Waals surface area contributed by atoms with Crippen LogP contribution in [0.5, 0.6) is 0 Å². The summed E-state index contributed by atoms with van der Waals surface area (Å²) in [5, 5.41) is 17.7. The fourth-order valence-corrected chi connectivity index (χ4v) is 2.80. The van der Waals surface area contributed by atoms with E-state index in [2.05, 4.69) is 16.3 Å². The van der Waals surface area contributed by atoms with Crippen LogP contribution in [0.15, 0.2) is 36.7 Å². The van der Waals surface area contributed by atoms with Gasteiger partial charge in [-0.3, -0.25) is 13.5 Å². The van der Waals surface area contributed by atoms with Crippen molar-refractivity contribution in [3.63, 3.8) is 0 Å². The molecule has 0 aliphatic heterocycles. The summed E-state index contributed by atoms with van der Waals surface area (Å²) >= 11 is 0. The van der Waals surface area contributed by atoms with Crippen LogP contribution < -0.4 is 0 Å². The molecule has 0 spiro atoms. The van der Waals surface area contributed by atoms with E-state index in [1.165, 1.54) is 10.9 Å². The minimum Gasteiger partial charge on any atom is -0.463 e. The van der Waals surface area contributed by atoms with E-state index in [4.69, 9.17) is 5.11 Å². The molecule has 152 valence electrons. The molecular weight excluding hydrogens is 549 g/mol. The SMILES string of the molecule is CC(C)(c1ccn(C(=O)O)n1)C(C)(C)c1ccn(-c2[c-]cc(F)cc2F)n1.[Pt]. The van der Waals surface area contributed by atoms with Crippen molar-refractivity contribution in [1.82, 2.24) is 19.6 Å². The number of hydrogen-bond acceptors (Lipinski definition) is 3. The molecule has 3 aromatic rings. The van der Waals surface area contributed by atoms with E-state index in [0.717, 1.165) is 16.8 Å². The standard InChI is InChI=1S/C19H19F2N4O2.Pt/c1-18(2,19(3,4)16-8-10-25(23-16)17(26)27)15-7-9-24(22-15)14-6-5-12(20)11-13(14)21;/h5,7-11H,1-4H3,(H,26,27);/q-1;. The molecule has 0 saturated carbocycles. The molecular formula is C19H19F2N4O2Pt-. The molecule has 0 amide bonds. The fraction of sp³-hybridized carbons (Fsp3) is 0.316. The van der Waals surface area contributed by atoms with Crippen LogP contribution in [0.1, 0.15) is 39.1 Å². The first kappa shape index (κ1) is 22.0. The topological polar surface area (TPSA) is 72.9 Å². The number of hydrogen-bond donors (Lipinski definition) is 1. The summed E-state index contributed by atoms with van der Waals surface area (Å²) in [5.41, 5.74) is 0.0922. The van der Waals surface area contributed by atoms with Crippen molar-refractivity contribution in [3.8, 4) is 5.69 Å². The number of benzene rings is 1. The molecule has 3 rings (SSSR count). The monoisotopic (exact) mass is 568 g/mol. The molecule has 0 aliphatic rings. The predicted molar refractivity (Wildman–Crippen MR) is 94.0 cm³/mol. The second-order valence-electron chi connectivity index (χ2n) is 7.34. The summed E-state index contributed by atoms with van der Waals surface area (Å²) in [5.74, 6) is -1.47. The zero-order chi connectivity index (χ0) is 20.0. The maximum atomic E-state index is 14.0. The number of halogens is 2. The molecule has 2 heterocycles. The Kier molecular flexibility index (Phi) is 5.95. The first-order valence-corrected chi connectivity index (χ1v) is 8.27. The van der Waals surface area contributed by atoms with E-state index in [-0.39, 0.29) is 26.8 Å². The maximum Gasteiger partial charge on any atom is 0.432 e. The van der Waals surface area contributed by atoms with Crippen molar-refractivity contribution in [1.29, 1.82) is 0 Å². The summed E-state index contributed by atoms with van der Waals surface area (Å²) in [6, 6.07) is 7.77. The van der Waals surface area contributed by atoms with Gasteiger partial charge >= 0.3 is 6.09 Å². The van der Waals surface area contributed by atoms with Gasteiger partial charge in [-0.05, 0) is 17.8 Å². The number of carboxylic acid groups (broad SMARTS) is 1. The Morgan fingerprint density at radius 1 is 1.07 bits per heavy atom. The Morgan fingerprint density at radius 3 is 2.18 bits per heavy atom. The number of aromatic nitrogens is 4. The van der Waals surface area contributed by atoms with Gasteiger partial charge in [0.2, 0.25) is 0 Å². The van der Waals surface area contributed by atoms with Crippen molar-refractivity contribution >= 4 is 6.09 Å². The summed E-state index contributed by atoms with van der Waals surface area (Å²) in [6.07, 6.45) is 1.80. The first-order valence-electron chi connectivity index (χ1n) is 8.27. The molecule has 2 aromatic heterocycles. The van der Waals surface area contributed by atoms with Gasteiger partial charge in [0.1, 0.15) is 0 Å². The van der Waals surface area contributed by atoms with Crippen LogP contribution in [0.4, 0.5) is 13.6 Å². The Hall–Kier alpha value is -2.34. The molecule has 0 aliphatic carbocycles. The molecule has 1 N–H and O–H groups in total. The largest absolute Gasteiger partial charge is 0.463 e.